The Morgan fingerprint density at radius 2 is 2.29 bits per heavy atom. The first-order valence-corrected chi connectivity index (χ1v) is 5.64. The van der Waals surface area contributed by atoms with E-state index in [1.54, 1.807) is 11.8 Å². The number of aromatic nitrogens is 2. The van der Waals surface area contributed by atoms with E-state index in [2.05, 4.69) is 10.2 Å². The molecule has 0 bridgehead atoms. The van der Waals surface area contributed by atoms with Crippen molar-refractivity contribution in [3.05, 3.63) is 11.4 Å². The number of nitrogen functional groups attached to an aromatic ring is 1. The molecule has 2 rings (SSSR count). The Kier molecular flexibility index (Phi) is 2.82. The van der Waals surface area contributed by atoms with Gasteiger partial charge in [-0.2, -0.15) is 5.10 Å². The number of morpholine rings is 1. The lowest BCUT2D eigenvalue weighted by atomic mass is 10.1. The number of ether oxygens (including phenoxy) is 1. The van der Waals surface area contributed by atoms with Gasteiger partial charge in [0.1, 0.15) is 0 Å². The molecule has 3 N–H and O–H groups in total. The van der Waals surface area contributed by atoms with Gasteiger partial charge in [0.25, 0.3) is 5.91 Å². The van der Waals surface area contributed by atoms with Gasteiger partial charge in [0.15, 0.2) is 5.69 Å². The highest BCUT2D eigenvalue weighted by Crippen LogP contribution is 2.20. The Morgan fingerprint density at radius 1 is 1.59 bits per heavy atom. The minimum atomic E-state index is -0.311. The number of anilines is 1. The minimum Gasteiger partial charge on any atom is -0.395 e. The van der Waals surface area contributed by atoms with Gasteiger partial charge in [-0.3, -0.25) is 9.89 Å². The third-order valence-electron chi connectivity index (χ3n) is 2.91. The summed E-state index contributed by atoms with van der Waals surface area (Å²) in [5, 5.41) is 6.68. The molecular formula is C11H18N4O2. The van der Waals surface area contributed by atoms with Gasteiger partial charge < -0.3 is 15.4 Å². The monoisotopic (exact) mass is 238 g/mol. The van der Waals surface area contributed by atoms with Crippen molar-refractivity contribution >= 4 is 11.6 Å². The summed E-state index contributed by atoms with van der Waals surface area (Å²) in [5.41, 5.74) is 6.95. The van der Waals surface area contributed by atoms with E-state index in [4.69, 9.17) is 10.5 Å². The van der Waals surface area contributed by atoms with E-state index in [0.29, 0.717) is 31.1 Å². The van der Waals surface area contributed by atoms with Gasteiger partial charge in [-0.05, 0) is 20.8 Å². The smallest absolute Gasteiger partial charge is 0.276 e. The highest BCUT2D eigenvalue weighted by atomic mass is 16.5. The van der Waals surface area contributed by atoms with Crippen molar-refractivity contribution in [2.24, 2.45) is 0 Å². The normalized spacial score (nSPS) is 19.4. The first-order valence-electron chi connectivity index (χ1n) is 5.64. The minimum absolute atomic E-state index is 0.136. The van der Waals surface area contributed by atoms with Gasteiger partial charge in [-0.1, -0.05) is 0 Å². The molecule has 0 spiro atoms. The third-order valence-corrected chi connectivity index (χ3v) is 2.91. The molecule has 1 aromatic heterocycles. The Hall–Kier alpha value is -1.56. The SMILES string of the molecule is Cc1[nH]nc(C(=O)N2CCOC(C)(C)C2)c1N. The number of nitrogens with two attached hydrogens (primary N) is 1. The van der Waals surface area contributed by atoms with E-state index in [0.717, 1.165) is 5.69 Å². The Labute approximate surface area is 100 Å². The molecule has 1 fully saturated rings. The largest absolute Gasteiger partial charge is 0.395 e. The van der Waals surface area contributed by atoms with Crippen LogP contribution in [-0.2, 0) is 4.74 Å². The number of hydrogen-bond acceptors (Lipinski definition) is 4. The molecule has 1 amide bonds. The van der Waals surface area contributed by atoms with E-state index in [1.165, 1.54) is 0 Å². The number of nitrogens with zero attached hydrogens (tertiary/aromatic N) is 2. The second kappa shape index (κ2) is 4.03. The molecule has 1 aliphatic heterocycles. The molecule has 6 heteroatoms. The number of aryl methyl sites for hydroxylation is 1. The molecule has 1 aliphatic rings. The number of amides is 1. The maximum atomic E-state index is 12.2. The lowest BCUT2D eigenvalue weighted by Crippen LogP contribution is -2.50. The average molecular weight is 238 g/mol. The molecule has 0 aromatic carbocycles. The van der Waals surface area contributed by atoms with Crippen LogP contribution in [0.2, 0.25) is 0 Å². The Balaban J connectivity index is 2.18. The van der Waals surface area contributed by atoms with E-state index in [9.17, 15) is 4.79 Å². The van der Waals surface area contributed by atoms with Crippen molar-refractivity contribution in [1.29, 1.82) is 0 Å². The fourth-order valence-corrected chi connectivity index (χ4v) is 1.94. The fourth-order valence-electron chi connectivity index (χ4n) is 1.94. The van der Waals surface area contributed by atoms with Crippen LogP contribution in [0.3, 0.4) is 0 Å². The number of H-pyrrole nitrogens is 1. The molecular weight excluding hydrogens is 220 g/mol. The second-order valence-electron chi connectivity index (χ2n) is 4.95. The van der Waals surface area contributed by atoms with Crippen LogP contribution in [0, 0.1) is 6.92 Å². The maximum absolute atomic E-state index is 12.2. The van der Waals surface area contributed by atoms with Gasteiger partial charge in [0.05, 0.1) is 23.6 Å². The predicted octanol–water partition coefficient (Wildman–Crippen LogP) is 0.551. The molecule has 2 heterocycles. The van der Waals surface area contributed by atoms with E-state index >= 15 is 0 Å². The highest BCUT2D eigenvalue weighted by molar-refractivity contribution is 5.97. The Morgan fingerprint density at radius 3 is 2.82 bits per heavy atom. The number of rotatable bonds is 1. The van der Waals surface area contributed by atoms with Gasteiger partial charge in [-0.25, -0.2) is 0 Å². The quantitative estimate of drug-likeness (QED) is 0.748. The zero-order chi connectivity index (χ0) is 12.6. The summed E-state index contributed by atoms with van der Waals surface area (Å²) in [6.07, 6.45) is 0. The number of carbonyl (C=O) groups excluding carboxylic acids is 1. The lowest BCUT2D eigenvalue weighted by molar-refractivity contribution is -0.0764. The van der Waals surface area contributed by atoms with Crippen molar-refractivity contribution in [2.45, 2.75) is 26.4 Å². The zero-order valence-corrected chi connectivity index (χ0v) is 10.4. The van der Waals surface area contributed by atoms with Crippen molar-refractivity contribution in [3.8, 4) is 0 Å². The topological polar surface area (TPSA) is 84.2 Å². The van der Waals surface area contributed by atoms with Crippen LogP contribution >= 0.6 is 0 Å². The highest BCUT2D eigenvalue weighted by Gasteiger charge is 2.32. The molecule has 0 aliphatic carbocycles. The first kappa shape index (κ1) is 11.9. The molecule has 0 atom stereocenters. The number of aromatic amines is 1. The summed E-state index contributed by atoms with van der Waals surface area (Å²) in [5.74, 6) is -0.136. The molecule has 0 saturated carbocycles. The number of hydrogen-bond donors (Lipinski definition) is 2. The zero-order valence-electron chi connectivity index (χ0n) is 10.4. The molecule has 94 valence electrons. The lowest BCUT2D eigenvalue weighted by Gasteiger charge is -2.37. The van der Waals surface area contributed by atoms with Crippen LogP contribution in [0.25, 0.3) is 0 Å². The van der Waals surface area contributed by atoms with Gasteiger partial charge in [0.2, 0.25) is 0 Å². The van der Waals surface area contributed by atoms with E-state index in [1.807, 2.05) is 13.8 Å². The van der Waals surface area contributed by atoms with Crippen LogP contribution in [-0.4, -0.2) is 46.3 Å². The molecule has 6 nitrogen and oxygen atoms in total. The van der Waals surface area contributed by atoms with Crippen LogP contribution in [0.4, 0.5) is 5.69 Å². The van der Waals surface area contributed by atoms with Gasteiger partial charge in [0, 0.05) is 13.1 Å². The molecule has 17 heavy (non-hydrogen) atoms. The van der Waals surface area contributed by atoms with Crippen molar-refractivity contribution in [2.75, 3.05) is 25.4 Å². The summed E-state index contributed by atoms with van der Waals surface area (Å²) in [6.45, 7) is 7.40. The maximum Gasteiger partial charge on any atom is 0.276 e. The summed E-state index contributed by atoms with van der Waals surface area (Å²) in [4.78, 5) is 14.0. The van der Waals surface area contributed by atoms with Crippen molar-refractivity contribution in [3.63, 3.8) is 0 Å². The number of carbonyl (C=O) groups is 1. The average Bonchev–Trinajstić information content (AvgIpc) is 2.57. The molecule has 1 saturated heterocycles. The van der Waals surface area contributed by atoms with Gasteiger partial charge in [-0.15, -0.1) is 0 Å². The summed E-state index contributed by atoms with van der Waals surface area (Å²) in [7, 11) is 0. The standard InChI is InChI=1S/C11H18N4O2/c1-7-8(12)9(14-13-7)10(16)15-4-5-17-11(2,3)6-15/h4-6,12H2,1-3H3,(H,13,14). The Bertz CT molecular complexity index is 439. The summed E-state index contributed by atoms with van der Waals surface area (Å²) >= 11 is 0. The predicted molar refractivity (Wildman–Crippen MR) is 63.7 cm³/mol. The number of nitrogens with one attached hydrogen (secondary N) is 1. The summed E-state index contributed by atoms with van der Waals surface area (Å²) < 4.78 is 5.56. The van der Waals surface area contributed by atoms with E-state index in [-0.39, 0.29) is 11.5 Å². The van der Waals surface area contributed by atoms with Crippen LogP contribution in [0.5, 0.6) is 0 Å². The van der Waals surface area contributed by atoms with Gasteiger partial charge >= 0.3 is 0 Å². The fraction of sp³-hybridized carbons (Fsp3) is 0.636. The van der Waals surface area contributed by atoms with Crippen LogP contribution < -0.4 is 5.73 Å². The van der Waals surface area contributed by atoms with Crippen LogP contribution in [0.15, 0.2) is 0 Å². The summed E-state index contributed by atoms with van der Waals surface area (Å²) in [6, 6.07) is 0. The molecule has 1 aromatic rings. The van der Waals surface area contributed by atoms with Crippen molar-refractivity contribution in [1.82, 2.24) is 15.1 Å². The van der Waals surface area contributed by atoms with Crippen LogP contribution in [0.1, 0.15) is 30.0 Å². The van der Waals surface area contributed by atoms with Crippen molar-refractivity contribution < 1.29 is 9.53 Å². The second-order valence-corrected chi connectivity index (χ2v) is 4.95. The molecule has 0 unspecified atom stereocenters. The third kappa shape index (κ3) is 2.26. The molecule has 0 radical (unpaired) electrons. The van der Waals surface area contributed by atoms with E-state index < -0.39 is 0 Å². The first-order chi connectivity index (χ1) is 7.91.